The number of piperidine rings is 4. The van der Waals surface area contributed by atoms with Crippen LogP contribution in [0.3, 0.4) is 0 Å². The number of hydrogen-bond donors (Lipinski definition) is 6. The first-order valence-electron chi connectivity index (χ1n) is 25.9. The van der Waals surface area contributed by atoms with Crippen LogP contribution in [0, 0.1) is 11.8 Å². The highest BCUT2D eigenvalue weighted by molar-refractivity contribution is 6.05. The van der Waals surface area contributed by atoms with Crippen LogP contribution in [0.4, 0.5) is 21.5 Å². The maximum Gasteiger partial charge on any atom is 0.255 e. The molecule has 11 rings (SSSR count). The highest BCUT2D eigenvalue weighted by Crippen LogP contribution is 2.36. The van der Waals surface area contributed by atoms with Gasteiger partial charge in [-0.2, -0.15) is 5.01 Å². The second-order valence-corrected chi connectivity index (χ2v) is 21.4. The second kappa shape index (κ2) is 19.5. The van der Waals surface area contributed by atoms with Crippen LogP contribution < -0.4 is 36.4 Å². The Morgan fingerprint density at radius 2 is 1.64 bits per heavy atom. The number of allylic oxidation sites excluding steroid dienone is 1. The van der Waals surface area contributed by atoms with E-state index in [1.807, 2.05) is 24.1 Å². The molecule has 18 heteroatoms. The summed E-state index contributed by atoms with van der Waals surface area (Å²) in [6, 6.07) is 13.9. The van der Waals surface area contributed by atoms with E-state index < -0.39 is 23.7 Å². The van der Waals surface area contributed by atoms with Gasteiger partial charge in [-0.15, -0.1) is 0 Å². The van der Waals surface area contributed by atoms with Crippen LogP contribution in [0.5, 0.6) is 0 Å². The van der Waals surface area contributed by atoms with Gasteiger partial charge in [0.15, 0.2) is 0 Å². The predicted molar refractivity (Wildman–Crippen MR) is 260 cm³/mol. The molecule has 6 N–H and O–H groups in total. The molecule has 2 aromatic carbocycles. The number of carbonyl (C=O) groups excluding carboxylic acids is 4. The zero-order valence-electron chi connectivity index (χ0n) is 40.0. The van der Waals surface area contributed by atoms with Crippen molar-refractivity contribution in [3.05, 3.63) is 65.7 Å². The molecule has 7 saturated heterocycles. The lowest BCUT2D eigenvalue weighted by molar-refractivity contribution is -0.146. The van der Waals surface area contributed by atoms with E-state index in [9.17, 15) is 24.3 Å². The number of hydrazine groups is 1. The lowest BCUT2D eigenvalue weighted by atomic mass is 9.85. The standard InChI is InChI=1S/C51H71FN12O5/c1-51(69)19-3-2-4-20-63-49(68)39-29-53-50(57-46(39)64(63)44-7-5-6-43(51)55-44)54-35-9-12-36(13-10-35)60-24-26-61(27-25-60)41-18-21-58(32-40(41)52)30-33-16-22-59(23-17-33)37-11-8-34-31-62(48(67)38(34)28-37)42-14-15-45(65)56-47(42)66/h2,4,8-13,28,33,39-44,46,50,53-55,57,69H,3,5-7,14-27,29-32H2,1H3,(H,56,65,66)/b4-2-/t39?,40-,41+,42?,43?,44?,46?,50?,51-/m1/s1. The van der Waals surface area contributed by atoms with Gasteiger partial charge in [-0.3, -0.25) is 50.4 Å². The highest BCUT2D eigenvalue weighted by atomic mass is 19.1. The monoisotopic (exact) mass is 951 g/mol. The van der Waals surface area contributed by atoms with Gasteiger partial charge in [0.05, 0.1) is 30.4 Å². The zero-order valence-corrected chi connectivity index (χ0v) is 40.0. The molecule has 9 atom stereocenters. The van der Waals surface area contributed by atoms with Crippen molar-refractivity contribution in [2.75, 3.05) is 87.1 Å². The lowest BCUT2D eigenvalue weighted by Crippen LogP contribution is -2.69. The molecule has 7 fully saturated rings. The summed E-state index contributed by atoms with van der Waals surface area (Å²) in [7, 11) is 0. The molecule has 2 bridgehead atoms. The molecule has 0 radical (unpaired) electrons. The highest BCUT2D eigenvalue weighted by Gasteiger charge is 2.53. The first kappa shape index (κ1) is 46.7. The second-order valence-electron chi connectivity index (χ2n) is 21.4. The molecule has 69 heavy (non-hydrogen) atoms. The van der Waals surface area contributed by atoms with E-state index in [2.05, 4.69) is 93.7 Å². The van der Waals surface area contributed by atoms with Crippen LogP contribution in [0.15, 0.2) is 54.6 Å². The largest absolute Gasteiger partial charge is 0.389 e. The Hall–Kier alpha value is -4.69. The third-order valence-corrected chi connectivity index (χ3v) is 17.0. The Morgan fingerprint density at radius 3 is 2.42 bits per heavy atom. The predicted octanol–water partition coefficient (Wildman–Crippen LogP) is 2.36. The van der Waals surface area contributed by atoms with Gasteiger partial charge in [0.1, 0.15) is 18.5 Å². The minimum Gasteiger partial charge on any atom is -0.389 e. The zero-order chi connectivity index (χ0) is 47.4. The Bertz CT molecular complexity index is 2270. The van der Waals surface area contributed by atoms with Crippen LogP contribution >= 0.6 is 0 Å². The number of amides is 4. The fourth-order valence-corrected chi connectivity index (χ4v) is 13.0. The molecule has 9 aliphatic rings. The minimum atomic E-state index is -0.881. The third kappa shape index (κ3) is 9.50. The topological polar surface area (TPSA) is 171 Å². The fourth-order valence-electron chi connectivity index (χ4n) is 13.0. The van der Waals surface area contributed by atoms with Gasteiger partial charge in [0.2, 0.25) is 17.7 Å². The van der Waals surface area contributed by atoms with Crippen LogP contribution in [-0.2, 0) is 20.9 Å². The van der Waals surface area contributed by atoms with Crippen molar-refractivity contribution in [1.29, 1.82) is 0 Å². The van der Waals surface area contributed by atoms with Crippen molar-refractivity contribution in [1.82, 2.24) is 46.0 Å². The van der Waals surface area contributed by atoms with E-state index >= 15 is 4.39 Å². The number of fused-ring (bicyclic) bond motifs is 7. The Balaban J connectivity index is 0.621. The average molecular weight is 951 g/mol. The van der Waals surface area contributed by atoms with E-state index in [1.165, 1.54) is 0 Å². The van der Waals surface area contributed by atoms with Gasteiger partial charge >= 0.3 is 0 Å². The minimum absolute atomic E-state index is 0.0331. The van der Waals surface area contributed by atoms with Crippen molar-refractivity contribution in [2.24, 2.45) is 11.8 Å². The number of halogens is 1. The van der Waals surface area contributed by atoms with Gasteiger partial charge in [0, 0.05) is 107 Å². The van der Waals surface area contributed by atoms with Crippen LogP contribution in [0.25, 0.3) is 0 Å². The third-order valence-electron chi connectivity index (χ3n) is 17.0. The number of likely N-dealkylation sites (tertiary alicyclic amines) is 1. The first-order valence-corrected chi connectivity index (χ1v) is 25.9. The summed E-state index contributed by atoms with van der Waals surface area (Å²) in [6.45, 7) is 10.8. The molecule has 0 aromatic heterocycles. The quantitative estimate of drug-likeness (QED) is 0.169. The number of nitrogens with one attached hydrogen (secondary N) is 5. The van der Waals surface area contributed by atoms with E-state index in [1.54, 1.807) is 4.90 Å². The summed E-state index contributed by atoms with van der Waals surface area (Å²) in [5, 5.41) is 32.5. The molecule has 17 nitrogen and oxygen atoms in total. The summed E-state index contributed by atoms with van der Waals surface area (Å²) < 4.78 is 16.0. The summed E-state index contributed by atoms with van der Waals surface area (Å²) in [6.07, 6.45) is 10.6. The first-order chi connectivity index (χ1) is 33.5. The van der Waals surface area contributed by atoms with Crippen molar-refractivity contribution in [3.63, 3.8) is 0 Å². The molecule has 0 saturated carbocycles. The van der Waals surface area contributed by atoms with Crippen molar-refractivity contribution < 1.29 is 28.7 Å². The van der Waals surface area contributed by atoms with Gasteiger partial charge in [-0.25, -0.2) is 4.39 Å². The van der Waals surface area contributed by atoms with Gasteiger partial charge in [0.25, 0.3) is 5.91 Å². The molecular weight excluding hydrogens is 880 g/mol. The smallest absolute Gasteiger partial charge is 0.255 e. The molecule has 0 spiro atoms. The Labute approximate surface area is 405 Å². The molecule has 372 valence electrons. The number of anilines is 3. The maximum atomic E-state index is 16.0. The van der Waals surface area contributed by atoms with Crippen LogP contribution in [0.2, 0.25) is 0 Å². The number of imide groups is 1. The number of carbonyl (C=O) groups is 4. The van der Waals surface area contributed by atoms with E-state index in [0.717, 1.165) is 120 Å². The van der Waals surface area contributed by atoms with E-state index in [4.69, 9.17) is 0 Å². The Morgan fingerprint density at radius 1 is 0.855 bits per heavy atom. The summed E-state index contributed by atoms with van der Waals surface area (Å²) >= 11 is 0. The number of aliphatic hydroxyl groups is 1. The van der Waals surface area contributed by atoms with Gasteiger partial charge in [-0.1, -0.05) is 18.2 Å². The SMILES string of the molecule is C[C@@]1(O)CC/C=C\CN2C(=O)C3CNC(Nc4ccc(N5CCN([C@H]6CCN(CC7CCN(c8ccc9c(c8)C(=O)N(C8CCC(=O)NC8=O)C9)CC7)C[C@H]6F)CC5)cc4)NC3N2C2CCCC1N2. The van der Waals surface area contributed by atoms with Crippen molar-refractivity contribution >= 4 is 40.7 Å². The molecule has 0 aliphatic carbocycles. The van der Waals surface area contributed by atoms with Crippen LogP contribution in [-0.4, -0.2) is 174 Å². The normalized spacial score (nSPS) is 34.8. The number of alkyl halides is 1. The van der Waals surface area contributed by atoms with Gasteiger partial charge < -0.3 is 30.0 Å². The maximum absolute atomic E-state index is 16.0. The molecule has 4 amide bonds. The molecule has 2 aromatic rings. The average Bonchev–Trinajstić information content (AvgIpc) is 3.82. The van der Waals surface area contributed by atoms with Crippen molar-refractivity contribution in [3.8, 4) is 0 Å². The van der Waals surface area contributed by atoms with Crippen molar-refractivity contribution in [2.45, 2.75) is 126 Å². The van der Waals surface area contributed by atoms with Crippen LogP contribution in [0.1, 0.15) is 87.1 Å². The summed E-state index contributed by atoms with van der Waals surface area (Å²) in [5.41, 5.74) is 3.90. The number of piperazine rings is 1. The number of nitrogens with zero attached hydrogens (tertiary/aromatic N) is 7. The number of benzene rings is 2. The van der Waals surface area contributed by atoms with E-state index in [0.29, 0.717) is 50.5 Å². The molecule has 6 unspecified atom stereocenters. The number of rotatable bonds is 8. The molecular formula is C51H71FN12O5. The Kier molecular flexibility index (Phi) is 13.2. The van der Waals surface area contributed by atoms with E-state index in [-0.39, 0.29) is 60.8 Å². The summed E-state index contributed by atoms with van der Waals surface area (Å²) in [4.78, 5) is 62.5. The molecule has 9 aliphatic heterocycles. The fraction of sp³-hybridized carbons (Fsp3) is 0.647. The number of hydrogen-bond acceptors (Lipinski definition) is 14. The lowest BCUT2D eigenvalue weighted by Gasteiger charge is -2.47. The van der Waals surface area contributed by atoms with Gasteiger partial charge in [-0.05, 0) is 119 Å². The molecule has 9 heterocycles. The summed E-state index contributed by atoms with van der Waals surface area (Å²) in [5.74, 6) is -0.418.